The predicted molar refractivity (Wildman–Crippen MR) is 69.0 cm³/mol. The van der Waals surface area contributed by atoms with Crippen LogP contribution in [0.15, 0.2) is 18.2 Å². The van der Waals surface area contributed by atoms with E-state index in [1.54, 1.807) is 25.3 Å². The Kier molecular flexibility index (Phi) is 5.84. The fraction of sp³-hybridized carbons (Fsp3) is 0.462. The molecule has 0 radical (unpaired) electrons. The second kappa shape index (κ2) is 7.42. The Bertz CT molecular complexity index is 393. The van der Waals surface area contributed by atoms with Gasteiger partial charge in [-0.15, -0.1) is 0 Å². The molecule has 0 fully saturated rings. The summed E-state index contributed by atoms with van der Waals surface area (Å²) >= 11 is 0. The van der Waals surface area contributed by atoms with E-state index in [9.17, 15) is 4.79 Å². The minimum absolute atomic E-state index is 0.210. The highest BCUT2D eigenvalue weighted by atomic mass is 16.5. The Balaban J connectivity index is 2.28. The number of carbonyl (C=O) groups is 1. The van der Waals surface area contributed by atoms with E-state index in [2.05, 4.69) is 0 Å². The zero-order valence-electron chi connectivity index (χ0n) is 10.5. The Labute approximate surface area is 107 Å². The van der Waals surface area contributed by atoms with Crippen LogP contribution in [0.5, 0.6) is 11.5 Å². The highest BCUT2D eigenvalue weighted by Crippen LogP contribution is 2.26. The molecule has 1 aromatic carbocycles. The van der Waals surface area contributed by atoms with E-state index < -0.39 is 5.97 Å². The molecule has 0 aliphatic carbocycles. The summed E-state index contributed by atoms with van der Waals surface area (Å²) < 4.78 is 10.6. The standard InChI is InChI=1S/C13H19NO4/c1-17-10-6-7-11(14)12(9-10)18-8-4-2-3-5-13(15)16/h6-7,9H,2-5,8,14H2,1H3,(H,15,16). The third-order valence-corrected chi connectivity index (χ3v) is 2.51. The average molecular weight is 253 g/mol. The summed E-state index contributed by atoms with van der Waals surface area (Å²) in [6.07, 6.45) is 2.52. The molecule has 5 nitrogen and oxygen atoms in total. The van der Waals surface area contributed by atoms with Crippen LogP contribution in [0.3, 0.4) is 0 Å². The molecule has 0 unspecified atom stereocenters. The lowest BCUT2D eigenvalue weighted by atomic mass is 10.2. The first-order chi connectivity index (χ1) is 8.63. The van der Waals surface area contributed by atoms with Crippen LogP contribution in [0.2, 0.25) is 0 Å². The fourth-order valence-corrected chi connectivity index (χ4v) is 1.50. The van der Waals surface area contributed by atoms with Crippen molar-refractivity contribution in [1.82, 2.24) is 0 Å². The van der Waals surface area contributed by atoms with Gasteiger partial charge in [0.15, 0.2) is 0 Å². The van der Waals surface area contributed by atoms with Crippen LogP contribution in [-0.2, 0) is 4.79 Å². The van der Waals surface area contributed by atoms with Crippen molar-refractivity contribution in [3.63, 3.8) is 0 Å². The van der Waals surface area contributed by atoms with Crippen molar-refractivity contribution in [3.05, 3.63) is 18.2 Å². The molecule has 0 aliphatic rings. The van der Waals surface area contributed by atoms with Gasteiger partial charge in [-0.1, -0.05) is 0 Å². The van der Waals surface area contributed by atoms with Crippen LogP contribution in [0.1, 0.15) is 25.7 Å². The summed E-state index contributed by atoms with van der Waals surface area (Å²) in [6.45, 7) is 0.525. The van der Waals surface area contributed by atoms with Crippen molar-refractivity contribution in [2.75, 3.05) is 19.5 Å². The number of hydrogen-bond acceptors (Lipinski definition) is 4. The molecule has 0 bridgehead atoms. The van der Waals surface area contributed by atoms with E-state index >= 15 is 0 Å². The van der Waals surface area contributed by atoms with Gasteiger partial charge < -0.3 is 20.3 Å². The maximum atomic E-state index is 10.3. The molecule has 0 spiro atoms. The molecule has 18 heavy (non-hydrogen) atoms. The molecular weight excluding hydrogens is 234 g/mol. The van der Waals surface area contributed by atoms with Gasteiger partial charge in [0, 0.05) is 12.5 Å². The predicted octanol–water partition coefficient (Wildman–Crippen LogP) is 2.30. The summed E-state index contributed by atoms with van der Waals surface area (Å²) in [5, 5.41) is 8.48. The number of ether oxygens (including phenoxy) is 2. The number of benzene rings is 1. The first-order valence-electron chi connectivity index (χ1n) is 5.91. The van der Waals surface area contributed by atoms with Crippen LogP contribution < -0.4 is 15.2 Å². The van der Waals surface area contributed by atoms with Gasteiger partial charge in [0.1, 0.15) is 11.5 Å². The number of nitrogen functional groups attached to an aromatic ring is 1. The highest BCUT2D eigenvalue weighted by Gasteiger charge is 2.03. The maximum Gasteiger partial charge on any atom is 0.303 e. The van der Waals surface area contributed by atoms with Crippen LogP contribution in [0.4, 0.5) is 5.69 Å². The van der Waals surface area contributed by atoms with Crippen LogP contribution in [-0.4, -0.2) is 24.8 Å². The number of unbranched alkanes of at least 4 members (excludes halogenated alkanes) is 2. The summed E-state index contributed by atoms with van der Waals surface area (Å²) in [5.74, 6) is 0.547. The molecule has 0 saturated carbocycles. The first-order valence-corrected chi connectivity index (χ1v) is 5.91. The molecule has 0 amide bonds. The van der Waals surface area contributed by atoms with Crippen molar-refractivity contribution in [3.8, 4) is 11.5 Å². The zero-order chi connectivity index (χ0) is 13.4. The van der Waals surface area contributed by atoms with E-state index in [0.717, 1.165) is 12.8 Å². The molecule has 0 aromatic heterocycles. The fourth-order valence-electron chi connectivity index (χ4n) is 1.50. The Morgan fingerprint density at radius 2 is 2.11 bits per heavy atom. The summed E-state index contributed by atoms with van der Waals surface area (Å²) in [6, 6.07) is 5.25. The lowest BCUT2D eigenvalue weighted by Gasteiger charge is -2.10. The van der Waals surface area contributed by atoms with E-state index in [1.807, 2.05) is 0 Å². The molecule has 3 N–H and O–H groups in total. The minimum atomic E-state index is -0.757. The second-order valence-electron chi connectivity index (χ2n) is 3.96. The molecule has 0 atom stereocenters. The number of carboxylic acid groups (broad SMARTS) is 1. The Hall–Kier alpha value is -1.91. The molecule has 0 saturated heterocycles. The normalized spacial score (nSPS) is 10.1. The number of rotatable bonds is 8. The number of hydrogen-bond donors (Lipinski definition) is 2. The second-order valence-corrected chi connectivity index (χ2v) is 3.96. The van der Waals surface area contributed by atoms with Crippen LogP contribution in [0.25, 0.3) is 0 Å². The third kappa shape index (κ3) is 4.95. The largest absolute Gasteiger partial charge is 0.497 e. The number of carboxylic acids is 1. The van der Waals surface area contributed by atoms with Crippen molar-refractivity contribution in [1.29, 1.82) is 0 Å². The topological polar surface area (TPSA) is 81.8 Å². The number of anilines is 1. The third-order valence-electron chi connectivity index (χ3n) is 2.51. The zero-order valence-corrected chi connectivity index (χ0v) is 10.5. The highest BCUT2D eigenvalue weighted by molar-refractivity contribution is 5.66. The summed E-state index contributed by atoms with van der Waals surface area (Å²) in [5.41, 5.74) is 6.34. The van der Waals surface area contributed by atoms with Gasteiger partial charge in [0.05, 0.1) is 19.4 Å². The van der Waals surface area contributed by atoms with Gasteiger partial charge in [-0.2, -0.15) is 0 Å². The van der Waals surface area contributed by atoms with E-state index in [1.165, 1.54) is 0 Å². The molecule has 100 valence electrons. The quantitative estimate of drug-likeness (QED) is 0.548. The number of aliphatic carboxylic acids is 1. The van der Waals surface area contributed by atoms with E-state index in [4.69, 9.17) is 20.3 Å². The van der Waals surface area contributed by atoms with Crippen LogP contribution in [0, 0.1) is 0 Å². The van der Waals surface area contributed by atoms with Gasteiger partial charge in [0.25, 0.3) is 0 Å². The Morgan fingerprint density at radius 3 is 2.78 bits per heavy atom. The smallest absolute Gasteiger partial charge is 0.303 e. The molecule has 0 aliphatic heterocycles. The lowest BCUT2D eigenvalue weighted by molar-refractivity contribution is -0.137. The average Bonchev–Trinajstić information content (AvgIpc) is 2.35. The van der Waals surface area contributed by atoms with Crippen LogP contribution >= 0.6 is 0 Å². The molecule has 1 aromatic rings. The Morgan fingerprint density at radius 1 is 1.33 bits per heavy atom. The molecular formula is C13H19NO4. The molecule has 0 heterocycles. The van der Waals surface area contributed by atoms with E-state index in [-0.39, 0.29) is 6.42 Å². The lowest BCUT2D eigenvalue weighted by Crippen LogP contribution is -2.01. The van der Waals surface area contributed by atoms with Crippen molar-refractivity contribution < 1.29 is 19.4 Å². The van der Waals surface area contributed by atoms with Gasteiger partial charge in [-0.25, -0.2) is 0 Å². The van der Waals surface area contributed by atoms with Gasteiger partial charge in [-0.05, 0) is 31.4 Å². The molecule has 1 rings (SSSR count). The van der Waals surface area contributed by atoms with E-state index in [0.29, 0.717) is 30.2 Å². The van der Waals surface area contributed by atoms with Crippen molar-refractivity contribution in [2.24, 2.45) is 0 Å². The monoisotopic (exact) mass is 253 g/mol. The van der Waals surface area contributed by atoms with Crippen molar-refractivity contribution >= 4 is 11.7 Å². The first kappa shape index (κ1) is 14.2. The van der Waals surface area contributed by atoms with Gasteiger partial charge >= 0.3 is 5.97 Å². The SMILES string of the molecule is COc1ccc(N)c(OCCCCCC(=O)O)c1. The minimum Gasteiger partial charge on any atom is -0.497 e. The van der Waals surface area contributed by atoms with Gasteiger partial charge in [-0.3, -0.25) is 4.79 Å². The molecule has 5 heteroatoms. The maximum absolute atomic E-state index is 10.3. The number of methoxy groups -OCH3 is 1. The number of nitrogens with two attached hydrogens (primary N) is 1. The van der Waals surface area contributed by atoms with Crippen molar-refractivity contribution in [2.45, 2.75) is 25.7 Å². The van der Waals surface area contributed by atoms with Gasteiger partial charge in [0.2, 0.25) is 0 Å². The summed E-state index contributed by atoms with van der Waals surface area (Å²) in [4.78, 5) is 10.3. The summed E-state index contributed by atoms with van der Waals surface area (Å²) in [7, 11) is 1.58.